The SMILES string of the molecule is Cc1ccc(S(=O)(=O)O)cc1.OCCC1(c2ccccc2)C(c2ccccc2)=C1c1ccccc1. The molecule has 4 aromatic rings. The normalized spacial score (nSPS) is 14.1. The largest absolute Gasteiger partial charge is 0.396 e. The average Bonchev–Trinajstić information content (AvgIpc) is 3.55. The van der Waals surface area contributed by atoms with Gasteiger partial charge in [-0.3, -0.25) is 4.55 Å². The molecule has 0 saturated carbocycles. The number of aliphatic hydroxyl groups excluding tert-OH is 1. The van der Waals surface area contributed by atoms with Crippen molar-refractivity contribution in [3.63, 3.8) is 0 Å². The van der Waals surface area contributed by atoms with Crippen LogP contribution >= 0.6 is 0 Å². The van der Waals surface area contributed by atoms with Gasteiger partial charge >= 0.3 is 0 Å². The van der Waals surface area contributed by atoms with Crippen LogP contribution < -0.4 is 0 Å². The molecule has 0 heterocycles. The third kappa shape index (κ3) is 5.28. The van der Waals surface area contributed by atoms with Gasteiger partial charge in [0.05, 0.1) is 4.90 Å². The molecular weight excluding hydrogens is 456 g/mol. The maximum absolute atomic E-state index is 10.5. The van der Waals surface area contributed by atoms with Crippen LogP contribution in [0.15, 0.2) is 120 Å². The second-order valence-corrected chi connectivity index (χ2v) is 9.94. The van der Waals surface area contributed by atoms with E-state index in [9.17, 15) is 13.5 Å². The van der Waals surface area contributed by atoms with E-state index in [2.05, 4.69) is 72.8 Å². The zero-order valence-corrected chi connectivity index (χ0v) is 20.3. The Hall–Kier alpha value is -3.51. The predicted molar refractivity (Wildman–Crippen MR) is 141 cm³/mol. The van der Waals surface area contributed by atoms with Crippen LogP contribution in [0.1, 0.15) is 28.7 Å². The smallest absolute Gasteiger partial charge is 0.294 e. The lowest BCUT2D eigenvalue weighted by Gasteiger charge is -2.21. The van der Waals surface area contributed by atoms with Gasteiger partial charge in [-0.25, -0.2) is 0 Å². The lowest BCUT2D eigenvalue weighted by Crippen LogP contribution is -2.15. The Morgan fingerprint density at radius 2 is 1.09 bits per heavy atom. The molecule has 0 radical (unpaired) electrons. The summed E-state index contributed by atoms with van der Waals surface area (Å²) >= 11 is 0. The van der Waals surface area contributed by atoms with Crippen molar-refractivity contribution in [1.29, 1.82) is 0 Å². The van der Waals surface area contributed by atoms with Gasteiger partial charge < -0.3 is 5.11 Å². The minimum Gasteiger partial charge on any atom is -0.396 e. The fourth-order valence-corrected chi connectivity index (χ4v) is 5.07. The number of allylic oxidation sites excluding steroid dienone is 2. The van der Waals surface area contributed by atoms with Gasteiger partial charge in [0, 0.05) is 12.0 Å². The van der Waals surface area contributed by atoms with E-state index in [1.807, 2.05) is 25.1 Å². The van der Waals surface area contributed by atoms with Gasteiger partial charge in [0.15, 0.2) is 0 Å². The lowest BCUT2D eigenvalue weighted by molar-refractivity contribution is 0.278. The summed E-state index contributed by atoms with van der Waals surface area (Å²) in [4.78, 5) is -0.0666. The maximum atomic E-state index is 10.5. The second-order valence-electron chi connectivity index (χ2n) is 8.52. The van der Waals surface area contributed by atoms with Crippen molar-refractivity contribution >= 4 is 21.3 Å². The van der Waals surface area contributed by atoms with Gasteiger partial charge in [-0.15, -0.1) is 0 Å². The Labute approximate surface area is 207 Å². The molecule has 1 aliphatic carbocycles. The predicted octanol–water partition coefficient (Wildman–Crippen LogP) is 6.17. The Kier molecular flexibility index (Phi) is 7.31. The molecule has 0 fully saturated rings. The number of hydrogen-bond acceptors (Lipinski definition) is 3. The standard InChI is InChI=1S/C23H20O.C7H8O3S/c24-17-16-23(20-14-8-3-9-15-20)21(18-10-4-1-5-11-18)22(23)19-12-6-2-7-13-19;1-6-2-4-7(5-3-6)11(8,9)10/h1-15,24H,16-17H2;2-5H,1H3,(H,8,9,10). The zero-order chi connectivity index (χ0) is 24.9. The molecule has 0 bridgehead atoms. The van der Waals surface area contributed by atoms with Crippen molar-refractivity contribution in [3.05, 3.63) is 138 Å². The molecule has 0 saturated heterocycles. The Bertz CT molecular complexity index is 1340. The van der Waals surface area contributed by atoms with Crippen LogP contribution in [0.25, 0.3) is 11.1 Å². The Morgan fingerprint density at radius 3 is 1.49 bits per heavy atom. The molecule has 4 nitrogen and oxygen atoms in total. The molecule has 178 valence electrons. The summed E-state index contributed by atoms with van der Waals surface area (Å²) in [6.45, 7) is 2.01. The quantitative estimate of drug-likeness (QED) is 0.321. The molecule has 0 amide bonds. The second kappa shape index (κ2) is 10.4. The number of aliphatic hydroxyl groups is 1. The Morgan fingerprint density at radius 1 is 0.657 bits per heavy atom. The van der Waals surface area contributed by atoms with Gasteiger partial charge in [0.25, 0.3) is 10.1 Å². The van der Waals surface area contributed by atoms with Gasteiger partial charge in [-0.2, -0.15) is 8.42 Å². The first-order valence-electron chi connectivity index (χ1n) is 11.4. The average molecular weight is 485 g/mol. The molecule has 0 spiro atoms. The van der Waals surface area contributed by atoms with E-state index in [4.69, 9.17) is 4.55 Å². The lowest BCUT2D eigenvalue weighted by atomic mass is 9.82. The van der Waals surface area contributed by atoms with E-state index in [0.717, 1.165) is 5.56 Å². The summed E-state index contributed by atoms with van der Waals surface area (Å²) in [6.07, 6.45) is 0.714. The third-order valence-electron chi connectivity index (χ3n) is 6.24. The summed E-state index contributed by atoms with van der Waals surface area (Å²) in [7, 11) is -4.02. The van der Waals surface area contributed by atoms with Crippen LogP contribution in [0, 0.1) is 6.92 Å². The maximum Gasteiger partial charge on any atom is 0.294 e. The molecule has 0 unspecified atom stereocenters. The van der Waals surface area contributed by atoms with E-state index in [0.29, 0.717) is 6.42 Å². The molecule has 5 heteroatoms. The van der Waals surface area contributed by atoms with Gasteiger partial charge in [-0.05, 0) is 53.3 Å². The summed E-state index contributed by atoms with van der Waals surface area (Å²) in [5.41, 5.74) is 7.21. The molecule has 5 rings (SSSR count). The van der Waals surface area contributed by atoms with Gasteiger partial charge in [0.2, 0.25) is 0 Å². The van der Waals surface area contributed by atoms with Gasteiger partial charge in [0.1, 0.15) is 0 Å². The monoisotopic (exact) mass is 484 g/mol. The molecule has 0 atom stereocenters. The number of hydrogen-bond donors (Lipinski definition) is 2. The van der Waals surface area contributed by atoms with Crippen molar-refractivity contribution in [3.8, 4) is 0 Å². The van der Waals surface area contributed by atoms with Crippen molar-refractivity contribution in [2.24, 2.45) is 0 Å². The van der Waals surface area contributed by atoms with Gasteiger partial charge in [-0.1, -0.05) is 109 Å². The molecular formula is C30H28O4S. The summed E-state index contributed by atoms with van der Waals surface area (Å²) in [5.74, 6) is 0. The topological polar surface area (TPSA) is 74.6 Å². The van der Waals surface area contributed by atoms with E-state index < -0.39 is 10.1 Å². The fourth-order valence-electron chi connectivity index (χ4n) is 4.59. The first-order chi connectivity index (χ1) is 16.9. The highest BCUT2D eigenvalue weighted by atomic mass is 32.2. The summed E-state index contributed by atoms with van der Waals surface area (Å²) in [5, 5.41) is 9.81. The van der Waals surface area contributed by atoms with Crippen LogP contribution in [0.2, 0.25) is 0 Å². The van der Waals surface area contributed by atoms with Crippen molar-refractivity contribution in [1.82, 2.24) is 0 Å². The fraction of sp³-hybridized carbons (Fsp3) is 0.133. The van der Waals surface area contributed by atoms with Crippen molar-refractivity contribution in [2.45, 2.75) is 23.7 Å². The highest BCUT2D eigenvalue weighted by molar-refractivity contribution is 7.85. The highest BCUT2D eigenvalue weighted by Gasteiger charge is 2.54. The van der Waals surface area contributed by atoms with Crippen molar-refractivity contribution < 1.29 is 18.1 Å². The zero-order valence-electron chi connectivity index (χ0n) is 19.5. The van der Waals surface area contributed by atoms with E-state index in [-0.39, 0.29) is 16.9 Å². The first-order valence-corrected chi connectivity index (χ1v) is 12.9. The first kappa shape index (κ1) is 24.6. The minimum atomic E-state index is -4.02. The number of benzene rings is 4. The minimum absolute atomic E-state index is 0.0666. The Balaban J connectivity index is 0.000000221. The van der Waals surface area contributed by atoms with Crippen LogP contribution in [-0.2, 0) is 15.5 Å². The highest BCUT2D eigenvalue weighted by Crippen LogP contribution is 2.66. The third-order valence-corrected chi connectivity index (χ3v) is 7.11. The summed E-state index contributed by atoms with van der Waals surface area (Å²) in [6, 6.07) is 37.6. The van der Waals surface area contributed by atoms with E-state index in [1.165, 1.54) is 40.0 Å². The van der Waals surface area contributed by atoms with Crippen LogP contribution in [0.3, 0.4) is 0 Å². The van der Waals surface area contributed by atoms with Crippen LogP contribution in [-0.4, -0.2) is 24.7 Å². The van der Waals surface area contributed by atoms with Crippen LogP contribution in [0.5, 0.6) is 0 Å². The molecule has 0 aliphatic heterocycles. The molecule has 2 N–H and O–H groups in total. The summed E-state index contributed by atoms with van der Waals surface area (Å²) < 4.78 is 29.6. The number of rotatable bonds is 6. The molecule has 35 heavy (non-hydrogen) atoms. The van der Waals surface area contributed by atoms with Crippen molar-refractivity contribution in [2.75, 3.05) is 6.61 Å². The van der Waals surface area contributed by atoms with E-state index in [1.54, 1.807) is 12.1 Å². The number of aryl methyl sites for hydroxylation is 1. The van der Waals surface area contributed by atoms with Crippen LogP contribution in [0.4, 0.5) is 0 Å². The molecule has 4 aromatic carbocycles. The van der Waals surface area contributed by atoms with E-state index >= 15 is 0 Å². The molecule has 1 aliphatic rings. The molecule has 0 aromatic heterocycles.